The van der Waals surface area contributed by atoms with Gasteiger partial charge in [0.05, 0.1) is 18.3 Å². The lowest BCUT2D eigenvalue weighted by molar-refractivity contribution is 0.233. The van der Waals surface area contributed by atoms with Crippen molar-refractivity contribution in [1.29, 1.82) is 0 Å². The minimum absolute atomic E-state index is 0.0368. The first kappa shape index (κ1) is 14.9. The highest BCUT2D eigenvalue weighted by molar-refractivity contribution is 5.86. The Labute approximate surface area is 120 Å². The van der Waals surface area contributed by atoms with Crippen molar-refractivity contribution in [2.24, 2.45) is 0 Å². The summed E-state index contributed by atoms with van der Waals surface area (Å²) >= 11 is 0. The summed E-state index contributed by atoms with van der Waals surface area (Å²) in [5.41, 5.74) is -0.572. The molecule has 2 rings (SSSR count). The summed E-state index contributed by atoms with van der Waals surface area (Å²) in [6, 6.07) is 4.72. The van der Waals surface area contributed by atoms with Crippen molar-refractivity contribution in [3.63, 3.8) is 0 Å². The molecule has 0 bridgehead atoms. The first-order valence-corrected chi connectivity index (χ1v) is 6.48. The zero-order valence-corrected chi connectivity index (χ0v) is 11.5. The molecule has 21 heavy (non-hydrogen) atoms. The van der Waals surface area contributed by atoms with E-state index in [1.54, 1.807) is 25.1 Å². The van der Waals surface area contributed by atoms with E-state index in [1.807, 2.05) is 0 Å². The summed E-state index contributed by atoms with van der Waals surface area (Å²) in [4.78, 5) is 11.8. The van der Waals surface area contributed by atoms with Gasteiger partial charge < -0.3 is 24.1 Å². The molecule has 1 aromatic carbocycles. The van der Waals surface area contributed by atoms with Crippen molar-refractivity contribution in [1.82, 2.24) is 0 Å². The second kappa shape index (κ2) is 6.81. The van der Waals surface area contributed by atoms with Crippen LogP contribution in [0.3, 0.4) is 0 Å². The molecule has 6 heteroatoms. The molecule has 2 aromatic rings. The molecule has 0 unspecified atom stereocenters. The third-order valence-electron chi connectivity index (χ3n) is 2.70. The van der Waals surface area contributed by atoms with Crippen LogP contribution in [0.5, 0.6) is 17.2 Å². The second-order valence-corrected chi connectivity index (χ2v) is 4.24. The Morgan fingerprint density at radius 3 is 2.90 bits per heavy atom. The van der Waals surface area contributed by atoms with Crippen LogP contribution in [0.15, 0.2) is 39.7 Å². The van der Waals surface area contributed by atoms with Crippen LogP contribution in [0.2, 0.25) is 0 Å². The van der Waals surface area contributed by atoms with E-state index in [4.69, 9.17) is 19.0 Å². The van der Waals surface area contributed by atoms with E-state index in [-0.39, 0.29) is 23.7 Å². The van der Waals surface area contributed by atoms with Gasteiger partial charge in [-0.05, 0) is 19.1 Å². The average Bonchev–Trinajstić information content (AvgIpc) is 2.47. The number of benzene rings is 1. The molecular formula is C15H16O6. The fourth-order valence-corrected chi connectivity index (χ4v) is 1.73. The molecule has 0 fully saturated rings. The number of rotatable bonds is 6. The van der Waals surface area contributed by atoms with Crippen molar-refractivity contribution >= 4 is 11.0 Å². The number of fused-ring (bicyclic) bond motifs is 1. The molecule has 0 atom stereocenters. The van der Waals surface area contributed by atoms with Crippen LogP contribution in [0.4, 0.5) is 0 Å². The van der Waals surface area contributed by atoms with Gasteiger partial charge in [0.25, 0.3) is 5.75 Å². The molecule has 1 heterocycles. The fourth-order valence-electron chi connectivity index (χ4n) is 1.73. The Morgan fingerprint density at radius 1 is 1.38 bits per heavy atom. The predicted octanol–water partition coefficient (Wildman–Crippen LogP) is 2.17. The van der Waals surface area contributed by atoms with Crippen LogP contribution < -0.4 is 15.1 Å². The number of aliphatic hydroxyl groups excluding tert-OH is 1. The highest BCUT2D eigenvalue weighted by atomic mass is 16.5. The molecule has 0 radical (unpaired) electrons. The monoisotopic (exact) mass is 292 g/mol. The van der Waals surface area contributed by atoms with Gasteiger partial charge in [0.15, 0.2) is 5.75 Å². The van der Waals surface area contributed by atoms with Gasteiger partial charge in [-0.15, -0.1) is 0 Å². The van der Waals surface area contributed by atoms with Gasteiger partial charge in [0.1, 0.15) is 11.3 Å². The van der Waals surface area contributed by atoms with Gasteiger partial charge in [-0.2, -0.15) is 0 Å². The standard InChI is InChI=1S/C15H16O6/c1-2-7-20-14-13(17)11-5-4-10(19-8-3-6-16)9-12(11)21-15(14)18/h2,4-5,7,9,16-17H,3,6,8H2,1H3/b7-2-. The van der Waals surface area contributed by atoms with Crippen LogP contribution in [-0.2, 0) is 0 Å². The number of allylic oxidation sites excluding steroid dienone is 1. The fraction of sp³-hybridized carbons (Fsp3) is 0.267. The summed E-state index contributed by atoms with van der Waals surface area (Å²) in [6.45, 7) is 2.10. The Hall–Kier alpha value is -2.47. The van der Waals surface area contributed by atoms with Gasteiger partial charge in [0, 0.05) is 19.1 Å². The Balaban J connectivity index is 2.39. The highest BCUT2D eigenvalue weighted by Crippen LogP contribution is 2.33. The minimum atomic E-state index is -0.773. The molecule has 0 aliphatic rings. The van der Waals surface area contributed by atoms with E-state index in [2.05, 4.69) is 0 Å². The topological polar surface area (TPSA) is 89.1 Å². The van der Waals surface area contributed by atoms with E-state index in [0.717, 1.165) is 0 Å². The summed E-state index contributed by atoms with van der Waals surface area (Å²) in [5, 5.41) is 19.1. The molecule has 0 saturated carbocycles. The van der Waals surface area contributed by atoms with Gasteiger partial charge in [-0.3, -0.25) is 0 Å². The van der Waals surface area contributed by atoms with Crippen LogP contribution in [0.1, 0.15) is 13.3 Å². The van der Waals surface area contributed by atoms with Crippen molar-refractivity contribution in [3.05, 3.63) is 41.0 Å². The molecule has 0 saturated heterocycles. The first-order valence-electron chi connectivity index (χ1n) is 6.48. The first-order chi connectivity index (χ1) is 10.2. The zero-order valence-electron chi connectivity index (χ0n) is 11.5. The molecular weight excluding hydrogens is 276 g/mol. The SMILES string of the molecule is C/C=C\Oc1c(O)c2ccc(OCCCO)cc2oc1=O. The van der Waals surface area contributed by atoms with Gasteiger partial charge in [-0.1, -0.05) is 6.08 Å². The van der Waals surface area contributed by atoms with Gasteiger partial charge in [0.2, 0.25) is 0 Å². The third kappa shape index (κ3) is 3.35. The van der Waals surface area contributed by atoms with E-state index >= 15 is 0 Å². The second-order valence-electron chi connectivity index (χ2n) is 4.24. The molecule has 2 N–H and O–H groups in total. The lowest BCUT2D eigenvalue weighted by atomic mass is 10.2. The number of ether oxygens (including phenoxy) is 2. The molecule has 0 spiro atoms. The molecule has 0 aliphatic heterocycles. The number of hydrogen-bond acceptors (Lipinski definition) is 6. The highest BCUT2D eigenvalue weighted by Gasteiger charge is 2.15. The Kier molecular flexibility index (Phi) is 4.84. The zero-order chi connectivity index (χ0) is 15.2. The molecule has 0 amide bonds. The third-order valence-corrected chi connectivity index (χ3v) is 2.70. The number of aromatic hydroxyl groups is 1. The lowest BCUT2D eigenvalue weighted by Crippen LogP contribution is -2.04. The van der Waals surface area contributed by atoms with Crippen LogP contribution >= 0.6 is 0 Å². The normalized spacial score (nSPS) is 11.1. The minimum Gasteiger partial charge on any atom is -0.504 e. The summed E-state index contributed by atoms with van der Waals surface area (Å²) in [5.74, 6) is -0.0450. The van der Waals surface area contributed by atoms with Crippen molar-refractivity contribution < 1.29 is 24.1 Å². The molecule has 1 aromatic heterocycles. The number of hydrogen-bond donors (Lipinski definition) is 2. The lowest BCUT2D eigenvalue weighted by Gasteiger charge is -2.08. The van der Waals surface area contributed by atoms with Crippen molar-refractivity contribution in [3.8, 4) is 17.2 Å². The molecule has 0 aliphatic carbocycles. The predicted molar refractivity (Wildman–Crippen MR) is 76.8 cm³/mol. The van der Waals surface area contributed by atoms with Crippen molar-refractivity contribution in [2.45, 2.75) is 13.3 Å². The van der Waals surface area contributed by atoms with Gasteiger partial charge >= 0.3 is 5.63 Å². The van der Waals surface area contributed by atoms with Crippen LogP contribution in [0.25, 0.3) is 11.0 Å². The average molecular weight is 292 g/mol. The Bertz CT molecular complexity index is 701. The number of aliphatic hydroxyl groups is 1. The van der Waals surface area contributed by atoms with E-state index in [0.29, 0.717) is 24.2 Å². The van der Waals surface area contributed by atoms with E-state index in [1.165, 1.54) is 12.3 Å². The summed E-state index contributed by atoms with van der Waals surface area (Å²) < 4.78 is 15.5. The van der Waals surface area contributed by atoms with Gasteiger partial charge in [-0.25, -0.2) is 4.79 Å². The van der Waals surface area contributed by atoms with Crippen LogP contribution in [0, 0.1) is 0 Å². The summed E-state index contributed by atoms with van der Waals surface area (Å²) in [6.07, 6.45) is 3.37. The maximum absolute atomic E-state index is 11.8. The largest absolute Gasteiger partial charge is 0.504 e. The maximum atomic E-state index is 11.8. The Morgan fingerprint density at radius 2 is 2.19 bits per heavy atom. The molecule has 112 valence electrons. The quantitative estimate of drug-likeness (QED) is 0.482. The maximum Gasteiger partial charge on any atom is 0.383 e. The smallest absolute Gasteiger partial charge is 0.383 e. The van der Waals surface area contributed by atoms with E-state index in [9.17, 15) is 9.90 Å². The van der Waals surface area contributed by atoms with E-state index < -0.39 is 5.63 Å². The van der Waals surface area contributed by atoms with Crippen LogP contribution in [-0.4, -0.2) is 23.4 Å². The summed E-state index contributed by atoms with van der Waals surface area (Å²) in [7, 11) is 0. The molecule has 6 nitrogen and oxygen atoms in total. The van der Waals surface area contributed by atoms with Crippen molar-refractivity contribution in [2.75, 3.05) is 13.2 Å².